The van der Waals surface area contributed by atoms with Gasteiger partial charge >= 0.3 is 0 Å². The fourth-order valence-corrected chi connectivity index (χ4v) is 8.14. The van der Waals surface area contributed by atoms with Crippen LogP contribution in [0.1, 0.15) is 0 Å². The van der Waals surface area contributed by atoms with Crippen molar-refractivity contribution in [1.82, 2.24) is 0 Å². The lowest BCUT2D eigenvalue weighted by Crippen LogP contribution is -2.50. The Morgan fingerprint density at radius 2 is 0.833 bits per heavy atom. The van der Waals surface area contributed by atoms with Crippen LogP contribution in [0.25, 0.3) is 0 Å². The molecule has 0 spiro atoms. The predicted octanol–water partition coefficient (Wildman–Crippen LogP) is 4.02. The number of hydrogen-bond donors (Lipinski definition) is 0. The quantitative estimate of drug-likeness (QED) is 0.221. The molecule has 0 saturated heterocycles. The van der Waals surface area contributed by atoms with Gasteiger partial charge in [0.05, 0.1) is 0 Å². The van der Waals surface area contributed by atoms with E-state index >= 15 is 0 Å². The summed E-state index contributed by atoms with van der Waals surface area (Å²) < 4.78 is 3.41. The Labute approximate surface area is 128 Å². The monoisotopic (exact) mass is 612 g/mol. The molecule has 0 amide bonds. The molecule has 0 aliphatic heterocycles. The predicted molar refractivity (Wildman–Crippen MR) is 87.4 cm³/mol. The molecule has 0 aromatic carbocycles. The Morgan fingerprint density at radius 1 is 0.583 bits per heavy atom. The molecule has 0 aromatic heterocycles. The summed E-state index contributed by atoms with van der Waals surface area (Å²) in [7, 11) is 0. The highest BCUT2D eigenvalue weighted by atomic mass is 127. The van der Waals surface area contributed by atoms with Crippen molar-refractivity contribution in [2.45, 2.75) is 15.7 Å². The molecule has 4 atom stereocenters. The van der Waals surface area contributed by atoms with Gasteiger partial charge in [0.15, 0.2) is 0 Å². The van der Waals surface area contributed by atoms with Gasteiger partial charge in [-0.3, -0.25) is 0 Å². The van der Waals surface area contributed by atoms with Crippen molar-refractivity contribution in [2.75, 3.05) is 0 Å². The van der Waals surface area contributed by atoms with Crippen LogP contribution in [-0.4, -0.2) is 15.7 Å². The Bertz CT molecular complexity index is 177. The number of hydrogen-bond acceptors (Lipinski definition) is 0. The van der Waals surface area contributed by atoms with E-state index < -0.39 is 0 Å². The summed E-state index contributed by atoms with van der Waals surface area (Å²) >= 11 is 10.5. The third-order valence-electron chi connectivity index (χ3n) is 2.63. The van der Waals surface area contributed by atoms with E-state index in [4.69, 9.17) is 0 Å². The summed E-state index contributed by atoms with van der Waals surface area (Å²) in [6.07, 6.45) is 4.90. The number of allylic oxidation sites excluding steroid dienone is 2. The number of alkyl halides is 4. The van der Waals surface area contributed by atoms with Crippen LogP contribution in [-0.2, 0) is 0 Å². The molecule has 0 N–H and O–H groups in total. The first-order chi connectivity index (χ1) is 5.63. The van der Waals surface area contributed by atoms with Gasteiger partial charge in [-0.25, -0.2) is 0 Å². The summed E-state index contributed by atoms with van der Waals surface area (Å²) in [6.45, 7) is 0. The van der Waals surface area contributed by atoms with Crippen LogP contribution < -0.4 is 0 Å². The SMILES string of the molecule is IC1C(I)C2C=CC1C(I)C2I. The van der Waals surface area contributed by atoms with Crippen molar-refractivity contribution < 1.29 is 0 Å². The molecule has 0 aromatic rings. The average Bonchev–Trinajstić information content (AvgIpc) is 2.05. The molecule has 1 fully saturated rings. The van der Waals surface area contributed by atoms with E-state index in [0.29, 0.717) is 0 Å². The summed E-state index contributed by atoms with van der Waals surface area (Å²) in [5.41, 5.74) is 0. The first kappa shape index (κ1) is 11.2. The Kier molecular flexibility index (Phi) is 3.96. The molecule has 0 heterocycles. The second kappa shape index (κ2) is 4.26. The molecule has 3 aliphatic rings. The van der Waals surface area contributed by atoms with E-state index in [1.165, 1.54) is 0 Å². The Hall–Kier alpha value is 2.66. The van der Waals surface area contributed by atoms with Crippen molar-refractivity contribution in [3.63, 3.8) is 0 Å². The van der Waals surface area contributed by atoms with Crippen LogP contribution in [0.15, 0.2) is 12.2 Å². The molecule has 3 aliphatic carbocycles. The van der Waals surface area contributed by atoms with Crippen molar-refractivity contribution in [3.05, 3.63) is 12.2 Å². The highest BCUT2D eigenvalue weighted by molar-refractivity contribution is 14.1. The van der Waals surface area contributed by atoms with Gasteiger partial charge in [0.1, 0.15) is 0 Å². The molecule has 2 bridgehead atoms. The lowest BCUT2D eigenvalue weighted by molar-refractivity contribution is 0.412. The standard InChI is InChI=1S/C8H8I4/c9-5-3-1-2-4(7(5)11)8(12)6(3)10/h1-8H. The van der Waals surface area contributed by atoms with Crippen LogP contribution in [0, 0.1) is 11.8 Å². The van der Waals surface area contributed by atoms with Gasteiger partial charge in [-0.05, 0) is 0 Å². The largest absolute Gasteiger partial charge is 0.0829 e. The normalized spacial score (nSPS) is 57.7. The van der Waals surface area contributed by atoms with Gasteiger partial charge in [-0.15, -0.1) is 0 Å². The Morgan fingerprint density at radius 3 is 1.08 bits per heavy atom. The second-order valence-electron chi connectivity index (χ2n) is 3.32. The maximum atomic E-state index is 2.63. The van der Waals surface area contributed by atoms with Crippen LogP contribution >= 0.6 is 90.4 Å². The van der Waals surface area contributed by atoms with Crippen molar-refractivity contribution >= 4 is 90.4 Å². The van der Waals surface area contributed by atoms with Crippen LogP contribution in [0.2, 0.25) is 0 Å². The second-order valence-corrected chi connectivity index (χ2v) is 9.07. The summed E-state index contributed by atoms with van der Waals surface area (Å²) in [6, 6.07) is 0. The first-order valence-electron chi connectivity index (χ1n) is 3.87. The smallest absolute Gasteiger partial charge is 0.0307 e. The first-order valence-corrected chi connectivity index (χ1v) is 8.86. The lowest BCUT2D eigenvalue weighted by Gasteiger charge is -2.46. The van der Waals surface area contributed by atoms with E-state index in [0.717, 1.165) is 27.5 Å². The highest BCUT2D eigenvalue weighted by Crippen LogP contribution is 2.50. The van der Waals surface area contributed by atoms with E-state index in [2.05, 4.69) is 103 Å². The van der Waals surface area contributed by atoms with Gasteiger partial charge in [-0.1, -0.05) is 103 Å². The average molecular weight is 612 g/mol. The van der Waals surface area contributed by atoms with E-state index in [1.807, 2.05) is 0 Å². The maximum Gasteiger partial charge on any atom is 0.0307 e. The van der Waals surface area contributed by atoms with E-state index in [-0.39, 0.29) is 0 Å². The zero-order chi connectivity index (χ0) is 8.88. The minimum atomic E-state index is 0.819. The maximum absolute atomic E-state index is 2.63. The number of fused-ring (bicyclic) bond motifs is 2. The molecule has 4 unspecified atom stereocenters. The third kappa shape index (κ3) is 1.72. The molecular weight excluding hydrogens is 604 g/mol. The van der Waals surface area contributed by atoms with E-state index in [1.54, 1.807) is 0 Å². The number of rotatable bonds is 0. The summed E-state index contributed by atoms with van der Waals surface area (Å²) in [4.78, 5) is 0. The zero-order valence-corrected chi connectivity index (χ0v) is 14.8. The minimum Gasteiger partial charge on any atom is -0.0829 e. The van der Waals surface area contributed by atoms with Gasteiger partial charge in [0.2, 0.25) is 0 Å². The van der Waals surface area contributed by atoms with Crippen LogP contribution in [0.4, 0.5) is 0 Å². The molecule has 68 valence electrons. The molecule has 0 radical (unpaired) electrons. The van der Waals surface area contributed by atoms with Crippen molar-refractivity contribution in [3.8, 4) is 0 Å². The zero-order valence-electron chi connectivity index (χ0n) is 6.13. The summed E-state index contributed by atoms with van der Waals surface area (Å²) in [5, 5.41) is 0. The molecule has 3 rings (SSSR count). The van der Waals surface area contributed by atoms with Gasteiger partial charge < -0.3 is 0 Å². The minimum absolute atomic E-state index is 0.819. The molecule has 1 saturated carbocycles. The van der Waals surface area contributed by atoms with Gasteiger partial charge in [0.25, 0.3) is 0 Å². The molecule has 0 nitrogen and oxygen atoms in total. The molecular formula is C8H8I4. The molecule has 12 heavy (non-hydrogen) atoms. The Balaban J connectivity index is 2.32. The van der Waals surface area contributed by atoms with Crippen molar-refractivity contribution in [2.24, 2.45) is 11.8 Å². The lowest BCUT2D eigenvalue weighted by atomic mass is 9.76. The van der Waals surface area contributed by atoms with Gasteiger partial charge in [0, 0.05) is 27.5 Å². The highest BCUT2D eigenvalue weighted by Gasteiger charge is 2.47. The van der Waals surface area contributed by atoms with Crippen LogP contribution in [0.5, 0.6) is 0 Å². The van der Waals surface area contributed by atoms with Gasteiger partial charge in [-0.2, -0.15) is 0 Å². The van der Waals surface area contributed by atoms with Crippen molar-refractivity contribution in [1.29, 1.82) is 0 Å². The topological polar surface area (TPSA) is 0 Å². The van der Waals surface area contributed by atoms with Crippen LogP contribution in [0.3, 0.4) is 0 Å². The number of halogens is 4. The van der Waals surface area contributed by atoms with E-state index in [9.17, 15) is 0 Å². The molecule has 4 heteroatoms. The fraction of sp³-hybridized carbons (Fsp3) is 0.750. The third-order valence-corrected chi connectivity index (χ3v) is 11.8. The fourth-order valence-electron chi connectivity index (χ4n) is 1.88. The summed E-state index contributed by atoms with van der Waals surface area (Å²) in [5.74, 6) is 1.64.